The van der Waals surface area contributed by atoms with Crippen molar-refractivity contribution >= 4 is 22.4 Å². The van der Waals surface area contributed by atoms with E-state index >= 15 is 0 Å². The van der Waals surface area contributed by atoms with E-state index in [1.807, 2.05) is 71.6 Å². The van der Waals surface area contributed by atoms with Crippen molar-refractivity contribution < 1.29 is 4.74 Å². The van der Waals surface area contributed by atoms with Crippen LogP contribution in [0.15, 0.2) is 71.9 Å². The maximum absolute atomic E-state index is 12.6. The van der Waals surface area contributed by atoms with Crippen molar-refractivity contribution in [2.24, 2.45) is 0 Å². The molecule has 142 valence electrons. The fraction of sp³-hybridized carbons (Fsp3) is 0.0476. The highest BCUT2D eigenvalue weighted by molar-refractivity contribution is 7.15. The Morgan fingerprint density at radius 3 is 2.59 bits per heavy atom. The summed E-state index contributed by atoms with van der Waals surface area (Å²) in [6.45, 7) is 0. The van der Waals surface area contributed by atoms with Crippen molar-refractivity contribution in [3.63, 3.8) is 0 Å². The number of benzene rings is 2. The summed E-state index contributed by atoms with van der Waals surface area (Å²) < 4.78 is 8.94. The SMILES string of the molecule is COc1ccc(-c2nn(-c3ccccc3)cc2/C=c2\sc3ncnn3c2=O)cc1. The second-order valence-corrected chi connectivity index (χ2v) is 7.32. The minimum Gasteiger partial charge on any atom is -0.497 e. The molecule has 0 spiro atoms. The summed E-state index contributed by atoms with van der Waals surface area (Å²) in [7, 11) is 1.63. The van der Waals surface area contributed by atoms with Gasteiger partial charge >= 0.3 is 0 Å². The van der Waals surface area contributed by atoms with Crippen LogP contribution in [0.25, 0.3) is 28.0 Å². The second-order valence-electron chi connectivity index (χ2n) is 6.31. The van der Waals surface area contributed by atoms with Gasteiger partial charge in [0.1, 0.15) is 17.8 Å². The summed E-state index contributed by atoms with van der Waals surface area (Å²) in [5.74, 6) is 0.772. The zero-order valence-corrected chi connectivity index (χ0v) is 16.2. The topological polar surface area (TPSA) is 74.3 Å². The Morgan fingerprint density at radius 2 is 1.86 bits per heavy atom. The van der Waals surface area contributed by atoms with Gasteiger partial charge < -0.3 is 4.74 Å². The Bertz CT molecular complexity index is 1400. The predicted octanol–water partition coefficient (Wildman–Crippen LogP) is 2.56. The smallest absolute Gasteiger partial charge is 0.291 e. The average Bonchev–Trinajstić information content (AvgIpc) is 3.47. The molecule has 0 unspecified atom stereocenters. The molecule has 0 aliphatic rings. The Hall–Kier alpha value is -3.78. The number of nitrogens with zero attached hydrogens (tertiary/aromatic N) is 5. The first-order valence-corrected chi connectivity index (χ1v) is 9.68. The van der Waals surface area contributed by atoms with Crippen LogP contribution < -0.4 is 14.8 Å². The molecule has 0 aliphatic heterocycles. The maximum Gasteiger partial charge on any atom is 0.291 e. The molecule has 29 heavy (non-hydrogen) atoms. The first-order valence-electron chi connectivity index (χ1n) is 8.87. The molecule has 0 saturated heterocycles. The molecular weight excluding hydrogens is 386 g/mol. The Kier molecular flexibility index (Phi) is 4.18. The van der Waals surface area contributed by atoms with Gasteiger partial charge in [-0.1, -0.05) is 29.5 Å². The molecule has 0 aliphatic carbocycles. The molecule has 0 atom stereocenters. The second kappa shape index (κ2) is 6.99. The minimum absolute atomic E-state index is 0.185. The molecule has 3 aromatic heterocycles. The predicted molar refractivity (Wildman–Crippen MR) is 111 cm³/mol. The first-order chi connectivity index (χ1) is 14.2. The number of rotatable bonds is 4. The number of para-hydroxylation sites is 1. The molecule has 5 rings (SSSR count). The van der Waals surface area contributed by atoms with E-state index in [0.717, 1.165) is 28.3 Å². The van der Waals surface area contributed by atoms with E-state index in [1.165, 1.54) is 22.2 Å². The molecule has 0 bridgehead atoms. The van der Waals surface area contributed by atoms with Crippen LogP contribution in [0.3, 0.4) is 0 Å². The van der Waals surface area contributed by atoms with Crippen LogP contribution in [0.2, 0.25) is 0 Å². The molecule has 5 aromatic rings. The van der Waals surface area contributed by atoms with E-state index in [4.69, 9.17) is 9.84 Å². The van der Waals surface area contributed by atoms with E-state index in [-0.39, 0.29) is 5.56 Å². The molecule has 0 N–H and O–H groups in total. The first kappa shape index (κ1) is 17.3. The van der Waals surface area contributed by atoms with Gasteiger partial charge in [-0.15, -0.1) is 0 Å². The van der Waals surface area contributed by atoms with Crippen molar-refractivity contribution in [2.75, 3.05) is 7.11 Å². The number of thiazole rings is 1. The van der Waals surface area contributed by atoms with Gasteiger partial charge in [-0.3, -0.25) is 4.79 Å². The van der Waals surface area contributed by atoms with Crippen molar-refractivity contribution in [3.8, 4) is 22.7 Å². The molecular formula is C21H15N5O2S. The maximum atomic E-state index is 12.6. The van der Waals surface area contributed by atoms with Crippen LogP contribution in [0, 0.1) is 0 Å². The van der Waals surface area contributed by atoms with E-state index in [2.05, 4.69) is 10.1 Å². The van der Waals surface area contributed by atoms with Crippen LogP contribution in [-0.2, 0) is 0 Å². The monoisotopic (exact) mass is 401 g/mol. The highest BCUT2D eigenvalue weighted by Crippen LogP contribution is 2.26. The highest BCUT2D eigenvalue weighted by Gasteiger charge is 2.13. The number of ether oxygens (including phenoxy) is 1. The van der Waals surface area contributed by atoms with Crippen LogP contribution in [0.5, 0.6) is 5.75 Å². The summed E-state index contributed by atoms with van der Waals surface area (Å²) in [4.78, 5) is 17.3. The van der Waals surface area contributed by atoms with Gasteiger partial charge in [0.05, 0.1) is 17.3 Å². The lowest BCUT2D eigenvalue weighted by Crippen LogP contribution is -2.23. The van der Waals surface area contributed by atoms with Gasteiger partial charge in [0.15, 0.2) is 0 Å². The quantitative estimate of drug-likeness (QED) is 0.463. The van der Waals surface area contributed by atoms with Gasteiger partial charge in [0.25, 0.3) is 5.56 Å². The lowest BCUT2D eigenvalue weighted by Gasteiger charge is -2.02. The van der Waals surface area contributed by atoms with Crippen LogP contribution in [0.4, 0.5) is 0 Å². The van der Waals surface area contributed by atoms with E-state index in [9.17, 15) is 4.79 Å². The van der Waals surface area contributed by atoms with E-state index in [0.29, 0.717) is 9.49 Å². The summed E-state index contributed by atoms with van der Waals surface area (Å²) in [5, 5.41) is 8.76. The fourth-order valence-corrected chi connectivity index (χ4v) is 3.97. The number of hydrogen-bond donors (Lipinski definition) is 0. The Labute approximate surface area is 169 Å². The van der Waals surface area contributed by atoms with Gasteiger partial charge in [-0.2, -0.15) is 14.7 Å². The normalized spacial score (nSPS) is 12.0. The third-order valence-corrected chi connectivity index (χ3v) is 5.51. The number of methoxy groups -OCH3 is 1. The zero-order chi connectivity index (χ0) is 19.8. The summed E-state index contributed by atoms with van der Waals surface area (Å²) in [6.07, 6.45) is 5.15. The number of hydrogen-bond acceptors (Lipinski definition) is 6. The van der Waals surface area contributed by atoms with Gasteiger partial charge in [0.2, 0.25) is 4.96 Å². The minimum atomic E-state index is -0.185. The molecule has 0 radical (unpaired) electrons. The van der Waals surface area contributed by atoms with Crippen molar-refractivity contribution in [1.82, 2.24) is 24.4 Å². The summed E-state index contributed by atoms with van der Waals surface area (Å²) in [6, 6.07) is 17.5. The lowest BCUT2D eigenvalue weighted by atomic mass is 10.1. The zero-order valence-electron chi connectivity index (χ0n) is 15.4. The molecule has 0 fully saturated rings. The van der Waals surface area contributed by atoms with Gasteiger partial charge in [-0.05, 0) is 42.5 Å². The van der Waals surface area contributed by atoms with Crippen molar-refractivity contribution in [1.29, 1.82) is 0 Å². The third-order valence-electron chi connectivity index (χ3n) is 4.53. The number of fused-ring (bicyclic) bond motifs is 1. The van der Waals surface area contributed by atoms with Crippen LogP contribution >= 0.6 is 11.3 Å². The van der Waals surface area contributed by atoms with Gasteiger partial charge in [-0.25, -0.2) is 9.67 Å². The molecule has 8 heteroatoms. The third kappa shape index (κ3) is 3.09. The highest BCUT2D eigenvalue weighted by atomic mass is 32.1. The van der Waals surface area contributed by atoms with Crippen molar-refractivity contribution in [3.05, 3.63) is 87.6 Å². The van der Waals surface area contributed by atoms with E-state index < -0.39 is 0 Å². The summed E-state index contributed by atoms with van der Waals surface area (Å²) >= 11 is 1.30. The molecule has 0 amide bonds. The Morgan fingerprint density at radius 1 is 1.07 bits per heavy atom. The average molecular weight is 401 g/mol. The lowest BCUT2D eigenvalue weighted by molar-refractivity contribution is 0.415. The largest absolute Gasteiger partial charge is 0.497 e. The molecule has 0 saturated carbocycles. The Balaban J connectivity index is 1.71. The standard InChI is InChI=1S/C21H15N5O2S/c1-28-17-9-7-14(8-10-17)19-15(12-25(24-19)16-5-3-2-4-6-16)11-18-20(27)26-21(29-18)22-13-23-26/h2-13H,1H3/b18-11-. The molecule has 3 heterocycles. The van der Waals surface area contributed by atoms with Crippen LogP contribution in [0.1, 0.15) is 5.56 Å². The van der Waals surface area contributed by atoms with Crippen LogP contribution in [-0.4, -0.2) is 31.5 Å². The van der Waals surface area contributed by atoms with Crippen molar-refractivity contribution in [2.45, 2.75) is 0 Å². The molecule has 7 nitrogen and oxygen atoms in total. The summed E-state index contributed by atoms with van der Waals surface area (Å²) in [5.41, 5.74) is 3.29. The fourth-order valence-electron chi connectivity index (χ4n) is 3.10. The molecule has 2 aromatic carbocycles. The number of aromatic nitrogens is 5. The van der Waals surface area contributed by atoms with Gasteiger partial charge in [0, 0.05) is 17.3 Å². The van der Waals surface area contributed by atoms with E-state index in [1.54, 1.807) is 7.11 Å².